The van der Waals surface area contributed by atoms with Gasteiger partial charge in [0.05, 0.1) is 11.6 Å². The standard InChI is InChI=1S/C21H20N2O2S/c24-20-13-16(21(25)22-11-10-17-7-4-12-26-17)14-23(20)19-9-3-6-15-5-1-2-8-18(15)19/h1-9,12,16H,10-11,13-14H2,(H,22,25)/t16-/m1/s1. The van der Waals surface area contributed by atoms with Gasteiger partial charge in [-0.3, -0.25) is 9.59 Å². The summed E-state index contributed by atoms with van der Waals surface area (Å²) in [5.41, 5.74) is 0.891. The van der Waals surface area contributed by atoms with Gasteiger partial charge in [-0.2, -0.15) is 0 Å². The number of carbonyl (C=O) groups is 2. The van der Waals surface area contributed by atoms with E-state index in [4.69, 9.17) is 0 Å². The fraction of sp³-hybridized carbons (Fsp3) is 0.238. The van der Waals surface area contributed by atoms with Crippen LogP contribution in [0.15, 0.2) is 60.0 Å². The Morgan fingerprint density at radius 1 is 1.12 bits per heavy atom. The number of carbonyl (C=O) groups excluding carboxylic acids is 2. The van der Waals surface area contributed by atoms with Crippen molar-refractivity contribution in [1.82, 2.24) is 5.32 Å². The van der Waals surface area contributed by atoms with Gasteiger partial charge < -0.3 is 10.2 Å². The highest BCUT2D eigenvalue weighted by molar-refractivity contribution is 7.09. The van der Waals surface area contributed by atoms with Gasteiger partial charge in [-0.15, -0.1) is 11.3 Å². The molecular formula is C21H20N2O2S. The largest absolute Gasteiger partial charge is 0.355 e. The van der Waals surface area contributed by atoms with Gasteiger partial charge >= 0.3 is 0 Å². The minimum Gasteiger partial charge on any atom is -0.355 e. The van der Waals surface area contributed by atoms with E-state index in [2.05, 4.69) is 11.4 Å². The van der Waals surface area contributed by atoms with Gasteiger partial charge in [-0.25, -0.2) is 0 Å². The topological polar surface area (TPSA) is 49.4 Å². The quantitative estimate of drug-likeness (QED) is 0.752. The van der Waals surface area contributed by atoms with Crippen molar-refractivity contribution in [2.75, 3.05) is 18.0 Å². The van der Waals surface area contributed by atoms with Crippen molar-refractivity contribution in [3.05, 3.63) is 64.9 Å². The first kappa shape index (κ1) is 16.8. The van der Waals surface area contributed by atoms with E-state index in [0.29, 0.717) is 13.1 Å². The van der Waals surface area contributed by atoms with Crippen LogP contribution in [-0.2, 0) is 16.0 Å². The van der Waals surface area contributed by atoms with Crippen LogP contribution in [0.2, 0.25) is 0 Å². The molecule has 0 spiro atoms. The van der Waals surface area contributed by atoms with Gasteiger partial charge in [-0.1, -0.05) is 42.5 Å². The minimum atomic E-state index is -0.287. The van der Waals surface area contributed by atoms with Gasteiger partial charge in [0.15, 0.2) is 0 Å². The normalized spacial score (nSPS) is 17.0. The van der Waals surface area contributed by atoms with Crippen LogP contribution in [-0.4, -0.2) is 24.9 Å². The summed E-state index contributed by atoms with van der Waals surface area (Å²) in [4.78, 5) is 28.0. The Morgan fingerprint density at radius 3 is 2.81 bits per heavy atom. The summed E-state index contributed by atoms with van der Waals surface area (Å²) < 4.78 is 0. The molecule has 2 heterocycles. The number of rotatable bonds is 5. The fourth-order valence-corrected chi connectivity index (χ4v) is 4.18. The maximum atomic E-state index is 12.5. The molecule has 132 valence electrons. The Hall–Kier alpha value is -2.66. The molecule has 2 aromatic carbocycles. The van der Waals surface area contributed by atoms with Crippen LogP contribution in [0, 0.1) is 5.92 Å². The number of hydrogen-bond donors (Lipinski definition) is 1. The monoisotopic (exact) mass is 364 g/mol. The molecule has 26 heavy (non-hydrogen) atoms. The number of amides is 2. The lowest BCUT2D eigenvalue weighted by molar-refractivity contribution is -0.126. The fourth-order valence-electron chi connectivity index (χ4n) is 3.47. The highest BCUT2D eigenvalue weighted by Gasteiger charge is 2.35. The van der Waals surface area contributed by atoms with E-state index in [1.54, 1.807) is 16.2 Å². The summed E-state index contributed by atoms with van der Waals surface area (Å²) >= 11 is 1.69. The van der Waals surface area contributed by atoms with Crippen molar-refractivity contribution in [3.63, 3.8) is 0 Å². The highest BCUT2D eigenvalue weighted by atomic mass is 32.1. The molecule has 0 radical (unpaired) electrons. The van der Waals surface area contributed by atoms with Gasteiger partial charge in [0, 0.05) is 29.8 Å². The van der Waals surface area contributed by atoms with Crippen molar-refractivity contribution in [3.8, 4) is 0 Å². The molecule has 1 saturated heterocycles. The molecule has 1 aliphatic heterocycles. The second-order valence-corrected chi connectivity index (χ2v) is 7.56. The molecule has 0 aliphatic carbocycles. The SMILES string of the molecule is O=C(NCCc1cccs1)[C@@H]1CC(=O)N(c2cccc3ccccc23)C1. The summed E-state index contributed by atoms with van der Waals surface area (Å²) in [6.45, 7) is 1.05. The Kier molecular flexibility index (Phi) is 4.71. The Labute approximate surface area is 156 Å². The lowest BCUT2D eigenvalue weighted by Gasteiger charge is -2.19. The first-order chi connectivity index (χ1) is 12.7. The van der Waals surface area contributed by atoms with Crippen LogP contribution in [0.5, 0.6) is 0 Å². The van der Waals surface area contributed by atoms with E-state index in [-0.39, 0.29) is 24.2 Å². The summed E-state index contributed by atoms with van der Waals surface area (Å²) in [6, 6.07) is 18.0. The molecule has 1 N–H and O–H groups in total. The lowest BCUT2D eigenvalue weighted by atomic mass is 10.1. The molecular weight excluding hydrogens is 344 g/mol. The first-order valence-electron chi connectivity index (χ1n) is 8.80. The van der Waals surface area contributed by atoms with Crippen LogP contribution in [0.1, 0.15) is 11.3 Å². The Morgan fingerprint density at radius 2 is 1.96 bits per heavy atom. The number of thiophene rings is 1. The number of nitrogens with one attached hydrogen (secondary N) is 1. The predicted molar refractivity (Wildman–Crippen MR) is 105 cm³/mol. The molecule has 1 fully saturated rings. The smallest absolute Gasteiger partial charge is 0.227 e. The van der Waals surface area contributed by atoms with Crippen LogP contribution in [0.4, 0.5) is 5.69 Å². The Balaban J connectivity index is 1.44. The van der Waals surface area contributed by atoms with Crippen LogP contribution < -0.4 is 10.2 Å². The van der Waals surface area contributed by atoms with Crippen LogP contribution in [0.3, 0.4) is 0 Å². The molecule has 1 aromatic heterocycles. The second-order valence-electron chi connectivity index (χ2n) is 6.52. The summed E-state index contributed by atoms with van der Waals surface area (Å²) in [7, 11) is 0. The summed E-state index contributed by atoms with van der Waals surface area (Å²) in [6.07, 6.45) is 1.10. The zero-order valence-electron chi connectivity index (χ0n) is 14.4. The molecule has 1 atom stereocenters. The second kappa shape index (κ2) is 7.30. The minimum absolute atomic E-state index is 0.0137. The molecule has 5 heteroatoms. The third kappa shape index (κ3) is 3.35. The highest BCUT2D eigenvalue weighted by Crippen LogP contribution is 2.31. The van der Waals surface area contributed by atoms with Crippen molar-refractivity contribution in [1.29, 1.82) is 0 Å². The number of anilines is 1. The summed E-state index contributed by atoms with van der Waals surface area (Å²) in [5, 5.41) is 7.16. The number of hydrogen-bond acceptors (Lipinski definition) is 3. The number of benzene rings is 2. The van der Waals surface area contributed by atoms with E-state index in [0.717, 1.165) is 22.9 Å². The average molecular weight is 364 g/mol. The average Bonchev–Trinajstić information content (AvgIpc) is 3.31. The van der Waals surface area contributed by atoms with Crippen molar-refractivity contribution >= 4 is 39.6 Å². The number of fused-ring (bicyclic) bond motifs is 1. The summed E-state index contributed by atoms with van der Waals surface area (Å²) in [5.74, 6) is -0.304. The molecule has 1 aliphatic rings. The van der Waals surface area contributed by atoms with Gasteiger partial charge in [0.1, 0.15) is 0 Å². The molecule has 0 saturated carbocycles. The Bertz CT molecular complexity index is 931. The van der Waals surface area contributed by atoms with Crippen molar-refractivity contribution < 1.29 is 9.59 Å². The maximum absolute atomic E-state index is 12.5. The van der Waals surface area contributed by atoms with E-state index in [1.807, 2.05) is 53.9 Å². The molecule has 4 nitrogen and oxygen atoms in total. The zero-order valence-corrected chi connectivity index (χ0v) is 15.2. The van der Waals surface area contributed by atoms with E-state index < -0.39 is 0 Å². The lowest BCUT2D eigenvalue weighted by Crippen LogP contribution is -2.34. The zero-order chi connectivity index (χ0) is 17.9. The van der Waals surface area contributed by atoms with Crippen molar-refractivity contribution in [2.45, 2.75) is 12.8 Å². The van der Waals surface area contributed by atoms with E-state index >= 15 is 0 Å². The van der Waals surface area contributed by atoms with Crippen LogP contribution in [0.25, 0.3) is 10.8 Å². The van der Waals surface area contributed by atoms with Gasteiger partial charge in [0.2, 0.25) is 11.8 Å². The predicted octanol–water partition coefficient (Wildman–Crippen LogP) is 3.61. The third-order valence-corrected chi connectivity index (χ3v) is 5.74. The third-order valence-electron chi connectivity index (χ3n) is 4.80. The van der Waals surface area contributed by atoms with Gasteiger partial charge in [-0.05, 0) is 29.3 Å². The van der Waals surface area contributed by atoms with E-state index in [9.17, 15) is 9.59 Å². The molecule has 0 unspecified atom stereocenters. The molecule has 0 bridgehead atoms. The maximum Gasteiger partial charge on any atom is 0.227 e. The molecule has 2 amide bonds. The molecule has 3 aromatic rings. The molecule has 4 rings (SSSR count). The van der Waals surface area contributed by atoms with E-state index in [1.165, 1.54) is 4.88 Å². The first-order valence-corrected chi connectivity index (χ1v) is 9.68. The van der Waals surface area contributed by atoms with Crippen molar-refractivity contribution in [2.24, 2.45) is 5.92 Å². The van der Waals surface area contributed by atoms with Gasteiger partial charge in [0.25, 0.3) is 0 Å². The van der Waals surface area contributed by atoms with Crippen LogP contribution >= 0.6 is 11.3 Å². The number of nitrogens with zero attached hydrogens (tertiary/aromatic N) is 1.